The van der Waals surface area contributed by atoms with Gasteiger partial charge < -0.3 is 10.3 Å². The molecule has 0 spiro atoms. The maximum atomic E-state index is 3.41. The van der Waals surface area contributed by atoms with E-state index in [1.165, 1.54) is 5.69 Å². The van der Waals surface area contributed by atoms with Gasteiger partial charge in [-0.2, -0.15) is 0 Å². The van der Waals surface area contributed by atoms with E-state index in [4.69, 9.17) is 0 Å². The molecule has 4 heteroatoms. The maximum absolute atomic E-state index is 3.41. The van der Waals surface area contributed by atoms with Gasteiger partial charge in [-0.3, -0.25) is 4.90 Å². The summed E-state index contributed by atoms with van der Waals surface area (Å²) in [7, 11) is 0. The van der Waals surface area contributed by atoms with E-state index in [0.29, 0.717) is 12.1 Å². The summed E-state index contributed by atoms with van der Waals surface area (Å²) in [5.41, 5.74) is 1.32. The number of hydrogen-bond acceptors (Lipinski definition) is 2. The Labute approximate surface area is 97.7 Å². The lowest BCUT2D eigenvalue weighted by Gasteiger charge is -2.38. The van der Waals surface area contributed by atoms with Gasteiger partial charge in [-0.1, -0.05) is 0 Å². The number of aromatic nitrogens is 1. The van der Waals surface area contributed by atoms with E-state index >= 15 is 0 Å². The summed E-state index contributed by atoms with van der Waals surface area (Å²) in [5.74, 6) is 0. The minimum absolute atomic E-state index is 0. The number of piperazine rings is 1. The molecule has 0 aliphatic carbocycles. The largest absolute Gasteiger partial charge is 0.364 e. The Bertz CT molecular complexity index is 273. The molecule has 2 heterocycles. The molecule has 86 valence electrons. The Balaban J connectivity index is 0.00000112. The first-order chi connectivity index (χ1) is 6.79. The van der Waals surface area contributed by atoms with Crippen molar-refractivity contribution < 1.29 is 0 Å². The van der Waals surface area contributed by atoms with Crippen molar-refractivity contribution in [1.29, 1.82) is 0 Å². The second-order valence-electron chi connectivity index (χ2n) is 4.09. The molecule has 1 saturated heterocycles. The molecule has 1 aromatic heterocycles. The molecule has 0 radical (unpaired) electrons. The van der Waals surface area contributed by atoms with Crippen molar-refractivity contribution in [2.45, 2.75) is 25.9 Å². The fraction of sp³-hybridized carbons (Fsp3) is 0.636. The lowest BCUT2D eigenvalue weighted by molar-refractivity contribution is 0.124. The molecule has 0 amide bonds. The van der Waals surface area contributed by atoms with Gasteiger partial charge in [0.2, 0.25) is 0 Å². The fourth-order valence-corrected chi connectivity index (χ4v) is 2.21. The van der Waals surface area contributed by atoms with Gasteiger partial charge >= 0.3 is 0 Å². The molecule has 1 fully saturated rings. The van der Waals surface area contributed by atoms with E-state index in [1.807, 2.05) is 6.20 Å². The van der Waals surface area contributed by atoms with Crippen LogP contribution in [0.1, 0.15) is 25.6 Å². The van der Waals surface area contributed by atoms with Gasteiger partial charge in [-0.25, -0.2) is 0 Å². The minimum atomic E-state index is 0. The van der Waals surface area contributed by atoms with Crippen LogP contribution in [-0.2, 0) is 0 Å². The summed E-state index contributed by atoms with van der Waals surface area (Å²) in [6, 6.07) is 5.36. The summed E-state index contributed by atoms with van der Waals surface area (Å²) in [6.45, 7) is 7.90. The number of hydrogen-bond donors (Lipinski definition) is 2. The monoisotopic (exact) mass is 229 g/mol. The normalized spacial score (nSPS) is 24.5. The second-order valence-corrected chi connectivity index (χ2v) is 4.09. The molecular formula is C11H20ClN3. The predicted octanol–water partition coefficient (Wildman–Crippen LogP) is 1.79. The Morgan fingerprint density at radius 3 is 2.93 bits per heavy atom. The Kier molecular flexibility index (Phi) is 4.64. The highest BCUT2D eigenvalue weighted by Gasteiger charge is 2.23. The second kappa shape index (κ2) is 5.54. The summed E-state index contributed by atoms with van der Waals surface area (Å²) >= 11 is 0. The van der Waals surface area contributed by atoms with Gasteiger partial charge in [0, 0.05) is 43.6 Å². The average Bonchev–Trinajstić information content (AvgIpc) is 2.70. The Morgan fingerprint density at radius 2 is 2.33 bits per heavy atom. The van der Waals surface area contributed by atoms with Crippen LogP contribution < -0.4 is 5.32 Å². The van der Waals surface area contributed by atoms with Crippen LogP contribution in [0.4, 0.5) is 0 Å². The molecule has 2 rings (SSSR count). The topological polar surface area (TPSA) is 31.1 Å². The lowest BCUT2D eigenvalue weighted by Crippen LogP contribution is -2.50. The summed E-state index contributed by atoms with van der Waals surface area (Å²) in [5, 5.41) is 3.41. The summed E-state index contributed by atoms with van der Waals surface area (Å²) in [6.07, 6.45) is 2.00. The van der Waals surface area contributed by atoms with Crippen molar-refractivity contribution in [2.24, 2.45) is 0 Å². The van der Waals surface area contributed by atoms with Crippen molar-refractivity contribution in [3.63, 3.8) is 0 Å². The van der Waals surface area contributed by atoms with Crippen molar-refractivity contribution in [2.75, 3.05) is 19.6 Å². The Hall–Kier alpha value is -0.510. The zero-order chi connectivity index (χ0) is 9.97. The van der Waals surface area contributed by atoms with Gasteiger partial charge in [0.25, 0.3) is 0 Å². The molecule has 2 N–H and O–H groups in total. The predicted molar refractivity (Wildman–Crippen MR) is 65.5 cm³/mol. The maximum Gasteiger partial charge on any atom is 0.0474 e. The number of nitrogens with zero attached hydrogens (tertiary/aromatic N) is 1. The first-order valence-electron chi connectivity index (χ1n) is 5.39. The molecule has 2 unspecified atom stereocenters. The number of aromatic amines is 1. The van der Waals surface area contributed by atoms with Crippen LogP contribution in [0.15, 0.2) is 18.3 Å². The molecule has 1 aliphatic heterocycles. The van der Waals surface area contributed by atoms with E-state index in [0.717, 1.165) is 19.6 Å². The highest BCUT2D eigenvalue weighted by atomic mass is 35.5. The third-order valence-corrected chi connectivity index (χ3v) is 3.12. The SMILES string of the molecule is CC1CNCCN1C(C)c1ccc[nH]1.Cl. The third kappa shape index (κ3) is 2.74. The van der Waals surface area contributed by atoms with Gasteiger partial charge in [-0.15, -0.1) is 12.4 Å². The van der Waals surface area contributed by atoms with E-state index < -0.39 is 0 Å². The van der Waals surface area contributed by atoms with E-state index in [9.17, 15) is 0 Å². The van der Waals surface area contributed by atoms with Gasteiger partial charge in [0.15, 0.2) is 0 Å². The van der Waals surface area contributed by atoms with Crippen LogP contribution in [0.2, 0.25) is 0 Å². The van der Waals surface area contributed by atoms with Crippen molar-refractivity contribution in [3.05, 3.63) is 24.0 Å². The van der Waals surface area contributed by atoms with Crippen molar-refractivity contribution in [3.8, 4) is 0 Å². The van der Waals surface area contributed by atoms with Crippen LogP contribution >= 0.6 is 12.4 Å². The lowest BCUT2D eigenvalue weighted by atomic mass is 10.1. The fourth-order valence-electron chi connectivity index (χ4n) is 2.21. The molecule has 15 heavy (non-hydrogen) atoms. The van der Waals surface area contributed by atoms with E-state index in [2.05, 4.69) is 41.2 Å². The van der Waals surface area contributed by atoms with E-state index in [1.54, 1.807) is 0 Å². The number of halogens is 1. The van der Waals surface area contributed by atoms with Crippen LogP contribution in [-0.4, -0.2) is 35.6 Å². The van der Waals surface area contributed by atoms with Crippen LogP contribution in [0.25, 0.3) is 0 Å². The standard InChI is InChI=1S/C11H19N3.ClH/c1-9-8-12-6-7-14(9)10(2)11-4-3-5-13-11;/h3-5,9-10,12-13H,6-8H2,1-2H3;1H. The van der Waals surface area contributed by atoms with Gasteiger partial charge in [0.05, 0.1) is 0 Å². The smallest absolute Gasteiger partial charge is 0.0474 e. The molecular weight excluding hydrogens is 210 g/mol. The Morgan fingerprint density at radius 1 is 1.53 bits per heavy atom. The van der Waals surface area contributed by atoms with Crippen LogP contribution in [0.5, 0.6) is 0 Å². The molecule has 1 aromatic rings. The quantitative estimate of drug-likeness (QED) is 0.810. The van der Waals surface area contributed by atoms with Gasteiger partial charge in [-0.05, 0) is 26.0 Å². The van der Waals surface area contributed by atoms with Crippen LogP contribution in [0, 0.1) is 0 Å². The van der Waals surface area contributed by atoms with Crippen molar-refractivity contribution >= 4 is 12.4 Å². The average molecular weight is 230 g/mol. The molecule has 0 saturated carbocycles. The van der Waals surface area contributed by atoms with Gasteiger partial charge in [0.1, 0.15) is 0 Å². The number of nitrogens with one attached hydrogen (secondary N) is 2. The molecule has 1 aliphatic rings. The minimum Gasteiger partial charge on any atom is -0.364 e. The first-order valence-corrected chi connectivity index (χ1v) is 5.39. The van der Waals surface area contributed by atoms with Crippen LogP contribution in [0.3, 0.4) is 0 Å². The highest BCUT2D eigenvalue weighted by molar-refractivity contribution is 5.85. The molecule has 0 bridgehead atoms. The van der Waals surface area contributed by atoms with Crippen molar-refractivity contribution in [1.82, 2.24) is 15.2 Å². The molecule has 0 aromatic carbocycles. The molecule has 3 nitrogen and oxygen atoms in total. The van der Waals surface area contributed by atoms with E-state index in [-0.39, 0.29) is 12.4 Å². The molecule has 2 atom stereocenters. The first kappa shape index (κ1) is 12.6. The zero-order valence-corrected chi connectivity index (χ0v) is 10.2. The number of H-pyrrole nitrogens is 1. The number of rotatable bonds is 2. The summed E-state index contributed by atoms with van der Waals surface area (Å²) in [4.78, 5) is 5.84. The zero-order valence-electron chi connectivity index (χ0n) is 9.36. The third-order valence-electron chi connectivity index (χ3n) is 3.12. The summed E-state index contributed by atoms with van der Waals surface area (Å²) < 4.78 is 0. The highest BCUT2D eigenvalue weighted by Crippen LogP contribution is 2.21.